The molecule has 138 valence electrons. The number of aromatic amines is 1. The molecule has 1 aliphatic rings. The van der Waals surface area contributed by atoms with E-state index in [0.29, 0.717) is 24.3 Å². The van der Waals surface area contributed by atoms with Gasteiger partial charge >= 0.3 is 0 Å². The Kier molecular flexibility index (Phi) is 6.61. The van der Waals surface area contributed by atoms with Crippen LogP contribution in [0.25, 0.3) is 5.65 Å². The van der Waals surface area contributed by atoms with Gasteiger partial charge in [-0.15, -0.1) is 12.4 Å². The van der Waals surface area contributed by atoms with E-state index in [1.165, 1.54) is 0 Å². The van der Waals surface area contributed by atoms with Crippen molar-refractivity contribution in [1.29, 1.82) is 0 Å². The Balaban J connectivity index is 0.00000225. The molecule has 0 atom stereocenters. The molecule has 8 heteroatoms. The zero-order valence-electron chi connectivity index (χ0n) is 14.7. The van der Waals surface area contributed by atoms with Crippen molar-refractivity contribution in [3.63, 3.8) is 0 Å². The van der Waals surface area contributed by atoms with Gasteiger partial charge in [-0.2, -0.15) is 5.10 Å². The molecule has 3 heterocycles. The summed E-state index contributed by atoms with van der Waals surface area (Å²) < 4.78 is 1.74. The molecular formula is C17H26ClN5O2. The van der Waals surface area contributed by atoms with Crippen LogP contribution in [0.15, 0.2) is 17.1 Å². The van der Waals surface area contributed by atoms with Crippen LogP contribution in [0, 0.1) is 0 Å². The lowest BCUT2D eigenvalue weighted by atomic mass is 9.94. The number of aromatic nitrogens is 3. The van der Waals surface area contributed by atoms with Gasteiger partial charge in [0, 0.05) is 25.1 Å². The number of H-pyrrole nitrogens is 1. The van der Waals surface area contributed by atoms with E-state index >= 15 is 0 Å². The van der Waals surface area contributed by atoms with Gasteiger partial charge in [-0.25, -0.2) is 4.52 Å². The van der Waals surface area contributed by atoms with Crippen molar-refractivity contribution in [2.75, 3.05) is 26.2 Å². The average Bonchev–Trinajstić information content (AvgIpc) is 3.02. The highest BCUT2D eigenvalue weighted by molar-refractivity contribution is 5.99. The number of halogens is 1. The summed E-state index contributed by atoms with van der Waals surface area (Å²) in [5.74, 6) is 0.212. The molecule has 0 saturated carbocycles. The molecule has 1 amide bonds. The number of carbonyl (C=O) groups is 1. The molecule has 0 aromatic carbocycles. The molecule has 1 saturated heterocycles. The largest absolute Gasteiger partial charge is 0.339 e. The predicted molar refractivity (Wildman–Crippen MR) is 99.8 cm³/mol. The number of nitrogens with one attached hydrogen (secondary N) is 2. The minimum absolute atomic E-state index is 0. The Bertz CT molecular complexity index is 779. The van der Waals surface area contributed by atoms with Crippen LogP contribution in [0.5, 0.6) is 0 Å². The molecule has 25 heavy (non-hydrogen) atoms. The molecule has 2 N–H and O–H groups in total. The molecular weight excluding hydrogens is 342 g/mol. The second-order valence-corrected chi connectivity index (χ2v) is 6.29. The van der Waals surface area contributed by atoms with Crippen molar-refractivity contribution in [1.82, 2.24) is 24.8 Å². The van der Waals surface area contributed by atoms with Crippen LogP contribution in [-0.4, -0.2) is 51.6 Å². The Hall–Kier alpha value is -1.86. The number of rotatable bonds is 5. The van der Waals surface area contributed by atoms with Gasteiger partial charge in [-0.1, -0.05) is 6.92 Å². The third kappa shape index (κ3) is 3.88. The summed E-state index contributed by atoms with van der Waals surface area (Å²) in [6.45, 7) is 7.22. The summed E-state index contributed by atoms with van der Waals surface area (Å²) in [4.78, 5) is 29.5. The normalized spacial score (nSPS) is 15.1. The quantitative estimate of drug-likeness (QED) is 0.844. The highest BCUT2D eigenvalue weighted by atomic mass is 35.5. The first-order valence-electron chi connectivity index (χ1n) is 8.76. The monoisotopic (exact) mass is 367 g/mol. The Morgan fingerprint density at radius 2 is 2.08 bits per heavy atom. The van der Waals surface area contributed by atoms with Gasteiger partial charge in [0.15, 0.2) is 0 Å². The topological polar surface area (TPSA) is 82.5 Å². The van der Waals surface area contributed by atoms with E-state index in [0.717, 1.165) is 38.0 Å². The fraction of sp³-hybridized carbons (Fsp3) is 0.588. The molecule has 2 aromatic rings. The van der Waals surface area contributed by atoms with E-state index < -0.39 is 0 Å². The van der Waals surface area contributed by atoms with Gasteiger partial charge in [-0.05, 0) is 39.3 Å². The van der Waals surface area contributed by atoms with Gasteiger partial charge in [0.2, 0.25) is 0 Å². The Labute approximate surface area is 153 Å². The lowest BCUT2D eigenvalue weighted by Gasteiger charge is -2.23. The molecule has 0 aliphatic carbocycles. The third-order valence-electron chi connectivity index (χ3n) is 4.68. The average molecular weight is 368 g/mol. The van der Waals surface area contributed by atoms with Crippen LogP contribution in [0.1, 0.15) is 55.1 Å². The van der Waals surface area contributed by atoms with Crippen LogP contribution in [0.3, 0.4) is 0 Å². The number of carbonyl (C=O) groups excluding carboxylic acids is 1. The lowest BCUT2D eigenvalue weighted by Crippen LogP contribution is -2.32. The maximum Gasteiger partial charge on any atom is 0.259 e. The smallest absolute Gasteiger partial charge is 0.259 e. The van der Waals surface area contributed by atoms with Gasteiger partial charge < -0.3 is 15.2 Å². The number of nitrogens with zero attached hydrogens (tertiary/aromatic N) is 3. The molecule has 3 rings (SSSR count). The van der Waals surface area contributed by atoms with Crippen LogP contribution in [0.2, 0.25) is 0 Å². The van der Waals surface area contributed by atoms with Gasteiger partial charge in [0.1, 0.15) is 11.2 Å². The number of piperidine rings is 1. The Morgan fingerprint density at radius 3 is 2.72 bits per heavy atom. The zero-order valence-corrected chi connectivity index (χ0v) is 15.6. The molecule has 1 fully saturated rings. The maximum absolute atomic E-state index is 12.8. The fourth-order valence-electron chi connectivity index (χ4n) is 3.42. The van der Waals surface area contributed by atoms with Crippen LogP contribution in [0.4, 0.5) is 0 Å². The fourth-order valence-corrected chi connectivity index (χ4v) is 3.42. The predicted octanol–water partition coefficient (Wildman–Crippen LogP) is 1.78. The zero-order chi connectivity index (χ0) is 17.1. The summed E-state index contributed by atoms with van der Waals surface area (Å²) in [6, 6.07) is 1.62. The van der Waals surface area contributed by atoms with Crippen LogP contribution in [-0.2, 0) is 0 Å². The summed E-state index contributed by atoms with van der Waals surface area (Å²) in [5, 5.41) is 7.74. The minimum atomic E-state index is -0.177. The van der Waals surface area contributed by atoms with E-state index in [1.807, 2.05) is 13.8 Å². The summed E-state index contributed by atoms with van der Waals surface area (Å²) in [5.41, 5.74) is 1.70. The first-order chi connectivity index (χ1) is 11.7. The second-order valence-electron chi connectivity index (χ2n) is 6.29. The van der Waals surface area contributed by atoms with Gasteiger partial charge in [0.05, 0.1) is 11.9 Å². The Morgan fingerprint density at radius 1 is 1.36 bits per heavy atom. The van der Waals surface area contributed by atoms with Crippen molar-refractivity contribution in [3.8, 4) is 0 Å². The highest BCUT2D eigenvalue weighted by Gasteiger charge is 2.23. The standard InChI is InChI=1S/C17H25N5O2.ClH/c1-3-9-21(4-2)17(24)13-11-19-22-14(10-15(23)20-16(13)22)12-5-7-18-8-6-12;/h10-12,18H,3-9H2,1-2H3,(H,20,23);1H. The molecule has 7 nitrogen and oxygen atoms in total. The number of amides is 1. The van der Waals surface area contributed by atoms with Crippen LogP contribution >= 0.6 is 12.4 Å². The molecule has 0 unspecified atom stereocenters. The molecule has 2 aromatic heterocycles. The maximum atomic E-state index is 12.8. The second kappa shape index (κ2) is 8.49. The molecule has 1 aliphatic heterocycles. The lowest BCUT2D eigenvalue weighted by molar-refractivity contribution is 0.0766. The SMILES string of the molecule is CCCN(CC)C(=O)c1cnn2c(C3CCNCC3)cc(=O)[nH]c12.Cl. The van der Waals surface area contributed by atoms with E-state index in [9.17, 15) is 9.59 Å². The highest BCUT2D eigenvalue weighted by Crippen LogP contribution is 2.25. The van der Waals surface area contributed by atoms with Crippen molar-refractivity contribution >= 4 is 24.0 Å². The first kappa shape index (κ1) is 19.5. The summed E-state index contributed by atoms with van der Waals surface area (Å²) >= 11 is 0. The van der Waals surface area contributed by atoms with Crippen LogP contribution < -0.4 is 10.9 Å². The summed E-state index contributed by atoms with van der Waals surface area (Å²) in [7, 11) is 0. The van der Waals surface area contributed by atoms with E-state index in [-0.39, 0.29) is 29.8 Å². The van der Waals surface area contributed by atoms with Crippen molar-refractivity contribution in [3.05, 3.63) is 33.9 Å². The molecule has 0 spiro atoms. The van der Waals surface area contributed by atoms with Crippen molar-refractivity contribution < 1.29 is 4.79 Å². The van der Waals surface area contributed by atoms with Gasteiger partial charge in [0.25, 0.3) is 11.5 Å². The molecule has 0 bridgehead atoms. The third-order valence-corrected chi connectivity index (χ3v) is 4.68. The van der Waals surface area contributed by atoms with Crippen molar-refractivity contribution in [2.24, 2.45) is 0 Å². The molecule has 0 radical (unpaired) electrons. The van der Waals surface area contributed by atoms with E-state index in [4.69, 9.17) is 0 Å². The number of hydrogen-bond donors (Lipinski definition) is 2. The van der Waals surface area contributed by atoms with E-state index in [1.54, 1.807) is 21.7 Å². The summed E-state index contributed by atoms with van der Waals surface area (Å²) in [6.07, 6.45) is 4.42. The van der Waals surface area contributed by atoms with Gasteiger partial charge in [-0.3, -0.25) is 9.59 Å². The first-order valence-corrected chi connectivity index (χ1v) is 8.76. The minimum Gasteiger partial charge on any atom is -0.339 e. The number of fused-ring (bicyclic) bond motifs is 1. The van der Waals surface area contributed by atoms with E-state index in [2.05, 4.69) is 15.4 Å². The van der Waals surface area contributed by atoms with Crippen molar-refractivity contribution in [2.45, 2.75) is 39.0 Å². The number of hydrogen-bond acceptors (Lipinski definition) is 4.